The summed E-state index contributed by atoms with van der Waals surface area (Å²) in [6.45, 7) is 2.17. The Hall–Kier alpha value is -1.98. The number of nitrogens with zero attached hydrogens (tertiary/aromatic N) is 1. The molecule has 2 aromatic rings. The molecule has 3 N–H and O–H groups in total. The van der Waals surface area contributed by atoms with E-state index in [-0.39, 0.29) is 18.2 Å². The van der Waals surface area contributed by atoms with Crippen LogP contribution in [-0.4, -0.2) is 15.2 Å². The topological polar surface area (TPSA) is 65.4 Å². The molecule has 1 aromatic heterocycles. The predicted molar refractivity (Wildman–Crippen MR) is 73.5 cm³/mol. The van der Waals surface area contributed by atoms with E-state index in [1.807, 2.05) is 0 Å². The fourth-order valence-electron chi connectivity index (χ4n) is 1.98. The molecule has 0 fully saturated rings. The van der Waals surface area contributed by atoms with Crippen LogP contribution in [0.2, 0.25) is 0 Å². The fraction of sp³-hybridized carbons (Fsp3) is 0.267. The molecule has 0 saturated carbocycles. The first-order valence-electron chi connectivity index (χ1n) is 6.34. The molecule has 1 heterocycles. The van der Waals surface area contributed by atoms with E-state index in [1.165, 1.54) is 12.3 Å². The van der Waals surface area contributed by atoms with Crippen LogP contribution in [0, 0.1) is 12.7 Å². The molecule has 0 radical (unpaired) electrons. The maximum Gasteiger partial charge on any atom is 0.141 e. The molecule has 0 aliphatic carbocycles. The molecule has 1 aromatic carbocycles. The van der Waals surface area contributed by atoms with Crippen molar-refractivity contribution >= 4 is 0 Å². The Morgan fingerprint density at radius 1 is 1.20 bits per heavy atom. The summed E-state index contributed by atoms with van der Waals surface area (Å²) in [5, 5.41) is 22.3. The van der Waals surface area contributed by atoms with Gasteiger partial charge in [0.2, 0.25) is 0 Å². The van der Waals surface area contributed by atoms with Crippen molar-refractivity contribution in [2.75, 3.05) is 0 Å². The third-order valence-corrected chi connectivity index (χ3v) is 3.18. The normalized spacial score (nSPS) is 10.8. The molecule has 0 aliphatic heterocycles. The van der Waals surface area contributed by atoms with Gasteiger partial charge in [-0.1, -0.05) is 18.2 Å². The molecular formula is C15H17FN2O2. The van der Waals surface area contributed by atoms with Gasteiger partial charge in [0, 0.05) is 36.0 Å². The minimum Gasteiger partial charge on any atom is -0.506 e. The van der Waals surface area contributed by atoms with Gasteiger partial charge in [0.1, 0.15) is 11.6 Å². The zero-order chi connectivity index (χ0) is 14.5. The summed E-state index contributed by atoms with van der Waals surface area (Å²) in [5.74, 6) is -0.199. The van der Waals surface area contributed by atoms with Crippen LogP contribution in [0.3, 0.4) is 0 Å². The lowest BCUT2D eigenvalue weighted by atomic mass is 10.1. The SMILES string of the molecule is Cc1ncc(CO)c(CNCc2ccccc2F)c1O. The highest BCUT2D eigenvalue weighted by Gasteiger charge is 2.11. The Morgan fingerprint density at radius 3 is 2.65 bits per heavy atom. The van der Waals surface area contributed by atoms with Gasteiger partial charge in [-0.05, 0) is 13.0 Å². The van der Waals surface area contributed by atoms with Crippen LogP contribution in [0.15, 0.2) is 30.5 Å². The minimum atomic E-state index is -0.266. The summed E-state index contributed by atoms with van der Waals surface area (Å²) in [6, 6.07) is 6.52. The first kappa shape index (κ1) is 14.4. The van der Waals surface area contributed by atoms with E-state index < -0.39 is 0 Å². The van der Waals surface area contributed by atoms with Crippen molar-refractivity contribution in [1.82, 2.24) is 10.3 Å². The summed E-state index contributed by atoms with van der Waals surface area (Å²) in [4.78, 5) is 3.99. The van der Waals surface area contributed by atoms with Crippen molar-refractivity contribution in [3.8, 4) is 5.75 Å². The van der Waals surface area contributed by atoms with Crippen molar-refractivity contribution in [2.45, 2.75) is 26.6 Å². The first-order chi connectivity index (χ1) is 9.63. The molecular weight excluding hydrogens is 259 g/mol. The molecule has 0 atom stereocenters. The number of rotatable bonds is 5. The van der Waals surface area contributed by atoms with E-state index in [9.17, 15) is 14.6 Å². The van der Waals surface area contributed by atoms with E-state index in [0.717, 1.165) is 0 Å². The number of pyridine rings is 1. The van der Waals surface area contributed by atoms with E-state index in [0.29, 0.717) is 35.5 Å². The second-order valence-electron chi connectivity index (χ2n) is 4.55. The molecule has 0 bridgehead atoms. The van der Waals surface area contributed by atoms with Crippen molar-refractivity contribution < 1.29 is 14.6 Å². The maximum absolute atomic E-state index is 13.5. The first-order valence-corrected chi connectivity index (χ1v) is 6.34. The number of aromatic nitrogens is 1. The number of nitrogens with one attached hydrogen (secondary N) is 1. The Labute approximate surface area is 116 Å². The average molecular weight is 276 g/mol. The molecule has 20 heavy (non-hydrogen) atoms. The van der Waals surface area contributed by atoms with E-state index in [2.05, 4.69) is 10.3 Å². The quantitative estimate of drug-likeness (QED) is 0.781. The van der Waals surface area contributed by atoms with Crippen LogP contribution in [0.1, 0.15) is 22.4 Å². The van der Waals surface area contributed by atoms with Gasteiger partial charge in [0.25, 0.3) is 0 Å². The maximum atomic E-state index is 13.5. The number of hydrogen-bond acceptors (Lipinski definition) is 4. The minimum absolute atomic E-state index is 0.0672. The lowest BCUT2D eigenvalue weighted by Gasteiger charge is -2.12. The van der Waals surface area contributed by atoms with Crippen molar-refractivity contribution in [3.05, 3.63) is 58.7 Å². The van der Waals surface area contributed by atoms with Crippen LogP contribution in [0.25, 0.3) is 0 Å². The van der Waals surface area contributed by atoms with Crippen LogP contribution >= 0.6 is 0 Å². The largest absolute Gasteiger partial charge is 0.506 e. The number of hydrogen-bond donors (Lipinski definition) is 3. The van der Waals surface area contributed by atoms with Gasteiger partial charge in [0.15, 0.2) is 0 Å². The fourth-order valence-corrected chi connectivity index (χ4v) is 1.98. The highest BCUT2D eigenvalue weighted by Crippen LogP contribution is 2.23. The van der Waals surface area contributed by atoms with Crippen LogP contribution in [0.5, 0.6) is 5.75 Å². The summed E-state index contributed by atoms with van der Waals surface area (Å²) in [7, 11) is 0. The van der Waals surface area contributed by atoms with Gasteiger partial charge in [-0.25, -0.2) is 4.39 Å². The number of aliphatic hydroxyl groups excluding tert-OH is 1. The monoisotopic (exact) mass is 276 g/mol. The molecule has 0 aliphatic rings. The molecule has 5 heteroatoms. The third kappa shape index (κ3) is 3.12. The van der Waals surface area contributed by atoms with Gasteiger partial charge in [-0.15, -0.1) is 0 Å². The Balaban J connectivity index is 2.08. The van der Waals surface area contributed by atoms with Crippen LogP contribution in [-0.2, 0) is 19.7 Å². The molecule has 0 spiro atoms. The van der Waals surface area contributed by atoms with Crippen LogP contribution in [0.4, 0.5) is 4.39 Å². The molecule has 106 valence electrons. The van der Waals surface area contributed by atoms with Crippen LogP contribution < -0.4 is 5.32 Å². The number of aromatic hydroxyl groups is 1. The zero-order valence-electron chi connectivity index (χ0n) is 11.2. The Bertz CT molecular complexity index is 602. The number of halogens is 1. The van der Waals surface area contributed by atoms with Gasteiger partial charge in [-0.2, -0.15) is 0 Å². The third-order valence-electron chi connectivity index (χ3n) is 3.18. The molecule has 0 saturated heterocycles. The summed E-state index contributed by atoms with van der Waals surface area (Å²) in [5.41, 5.74) is 2.22. The molecule has 0 unspecified atom stereocenters. The smallest absolute Gasteiger partial charge is 0.141 e. The van der Waals surface area contributed by atoms with E-state index in [4.69, 9.17) is 0 Å². The summed E-state index contributed by atoms with van der Waals surface area (Å²) in [6.07, 6.45) is 1.54. The van der Waals surface area contributed by atoms with Gasteiger partial charge >= 0.3 is 0 Å². The van der Waals surface area contributed by atoms with E-state index in [1.54, 1.807) is 25.1 Å². The predicted octanol–water partition coefficient (Wildman–Crippen LogP) is 2.02. The number of aryl methyl sites for hydroxylation is 1. The number of aliphatic hydroxyl groups is 1. The van der Waals surface area contributed by atoms with E-state index >= 15 is 0 Å². The Kier molecular flexibility index (Phi) is 4.65. The second kappa shape index (κ2) is 6.45. The standard InChI is InChI=1S/C15H17FN2O2/c1-10-15(20)13(12(9-19)7-18-10)8-17-6-11-4-2-3-5-14(11)16/h2-5,7,17,19-20H,6,8-9H2,1H3. The highest BCUT2D eigenvalue weighted by atomic mass is 19.1. The average Bonchev–Trinajstić information content (AvgIpc) is 2.45. The van der Waals surface area contributed by atoms with Gasteiger partial charge in [-0.3, -0.25) is 4.98 Å². The molecule has 2 rings (SSSR count). The number of benzene rings is 1. The zero-order valence-corrected chi connectivity index (χ0v) is 11.2. The Morgan fingerprint density at radius 2 is 1.95 bits per heavy atom. The summed E-state index contributed by atoms with van der Waals surface area (Å²) < 4.78 is 13.5. The van der Waals surface area contributed by atoms with Crippen molar-refractivity contribution in [3.63, 3.8) is 0 Å². The molecule has 0 amide bonds. The molecule has 4 nitrogen and oxygen atoms in total. The van der Waals surface area contributed by atoms with Gasteiger partial charge < -0.3 is 15.5 Å². The van der Waals surface area contributed by atoms with Crippen molar-refractivity contribution in [1.29, 1.82) is 0 Å². The van der Waals surface area contributed by atoms with Crippen molar-refractivity contribution in [2.24, 2.45) is 0 Å². The second-order valence-corrected chi connectivity index (χ2v) is 4.55. The lowest BCUT2D eigenvalue weighted by Crippen LogP contribution is -2.15. The van der Waals surface area contributed by atoms with Gasteiger partial charge in [0.05, 0.1) is 12.3 Å². The lowest BCUT2D eigenvalue weighted by molar-refractivity contribution is 0.278. The highest BCUT2D eigenvalue weighted by molar-refractivity contribution is 5.40. The summed E-state index contributed by atoms with van der Waals surface area (Å²) >= 11 is 0.